The van der Waals surface area contributed by atoms with E-state index in [1.165, 1.54) is 0 Å². The zero-order valence-corrected chi connectivity index (χ0v) is 14.2. The second-order valence-electron chi connectivity index (χ2n) is 6.46. The number of carbonyl (C=O) groups excluding carboxylic acids is 1. The molecule has 3 rings (SSSR count). The molecule has 1 N–H and O–H groups in total. The Hall–Kier alpha value is -2.09. The molecule has 1 aromatic carbocycles. The first-order valence-corrected chi connectivity index (χ1v) is 8.42. The minimum Gasteiger partial charge on any atom is -0.454 e. The Kier molecular flexibility index (Phi) is 5.57. The highest BCUT2D eigenvalue weighted by molar-refractivity contribution is 5.74. The first-order valence-electron chi connectivity index (χ1n) is 8.42. The van der Waals surface area contributed by atoms with Crippen molar-refractivity contribution >= 4 is 6.03 Å². The summed E-state index contributed by atoms with van der Waals surface area (Å²) in [5.41, 5.74) is 0.952. The van der Waals surface area contributed by atoms with Crippen molar-refractivity contribution in [2.75, 3.05) is 33.5 Å². The van der Waals surface area contributed by atoms with E-state index in [1.807, 2.05) is 18.2 Å². The van der Waals surface area contributed by atoms with Crippen LogP contribution < -0.4 is 14.8 Å². The topological polar surface area (TPSA) is 54.0 Å². The van der Waals surface area contributed by atoms with E-state index in [2.05, 4.69) is 5.32 Å². The van der Waals surface area contributed by atoms with Gasteiger partial charge in [-0.15, -0.1) is 0 Å². The summed E-state index contributed by atoms with van der Waals surface area (Å²) in [4.78, 5) is 15.7. The minimum absolute atomic E-state index is 0.0284. The van der Waals surface area contributed by atoms with Crippen LogP contribution in [0.5, 0.6) is 11.5 Å². The maximum atomic E-state index is 12.4. The lowest BCUT2D eigenvalue weighted by Crippen LogP contribution is -2.48. The quantitative estimate of drug-likeness (QED) is 0.881. The zero-order chi connectivity index (χ0) is 17.8. The van der Waals surface area contributed by atoms with E-state index in [9.17, 15) is 13.6 Å². The molecular weight excluding hydrogens is 332 g/mol. The molecule has 0 aromatic heterocycles. The van der Waals surface area contributed by atoms with E-state index >= 15 is 0 Å². The first kappa shape index (κ1) is 17.7. The number of benzene rings is 1. The molecule has 6 nitrogen and oxygen atoms in total. The van der Waals surface area contributed by atoms with Crippen molar-refractivity contribution in [1.29, 1.82) is 0 Å². The van der Waals surface area contributed by atoms with Gasteiger partial charge in [-0.25, -0.2) is 13.6 Å². The number of likely N-dealkylation sites (tertiary alicyclic amines) is 1. The second kappa shape index (κ2) is 7.86. The summed E-state index contributed by atoms with van der Waals surface area (Å²) < 4.78 is 35.4. The minimum atomic E-state index is -2.31. The number of nitrogens with one attached hydrogen (secondary N) is 1. The van der Waals surface area contributed by atoms with Gasteiger partial charge in [0.15, 0.2) is 11.5 Å². The van der Waals surface area contributed by atoms with Crippen LogP contribution in [0.1, 0.15) is 18.4 Å². The summed E-state index contributed by atoms with van der Waals surface area (Å²) in [7, 11) is 1.73. The van der Waals surface area contributed by atoms with E-state index in [-0.39, 0.29) is 25.4 Å². The highest BCUT2D eigenvalue weighted by Gasteiger charge is 2.23. The maximum Gasteiger partial charge on any atom is 0.317 e. The van der Waals surface area contributed by atoms with Gasteiger partial charge in [0, 0.05) is 32.7 Å². The average Bonchev–Trinajstić information content (AvgIpc) is 3.03. The van der Waals surface area contributed by atoms with Crippen molar-refractivity contribution in [3.63, 3.8) is 0 Å². The Morgan fingerprint density at radius 1 is 1.32 bits per heavy atom. The van der Waals surface area contributed by atoms with Gasteiger partial charge >= 0.3 is 6.03 Å². The normalized spacial score (nSPS) is 17.8. The molecule has 1 aromatic rings. The van der Waals surface area contributed by atoms with Crippen LogP contribution in [0.3, 0.4) is 0 Å². The third-order valence-corrected chi connectivity index (χ3v) is 4.51. The summed E-state index contributed by atoms with van der Waals surface area (Å²) in [6, 6.07) is 5.47. The molecule has 0 bridgehead atoms. The fraction of sp³-hybridized carbons (Fsp3) is 0.588. The van der Waals surface area contributed by atoms with Gasteiger partial charge in [-0.3, -0.25) is 4.90 Å². The fourth-order valence-electron chi connectivity index (χ4n) is 3.12. The Labute approximate surface area is 145 Å². The average molecular weight is 355 g/mol. The largest absolute Gasteiger partial charge is 0.454 e. The lowest BCUT2D eigenvalue weighted by molar-refractivity contribution is 0.0731. The van der Waals surface area contributed by atoms with Crippen LogP contribution in [0, 0.1) is 0 Å². The van der Waals surface area contributed by atoms with Crippen molar-refractivity contribution in [2.45, 2.75) is 31.9 Å². The van der Waals surface area contributed by atoms with Gasteiger partial charge in [-0.05, 0) is 30.5 Å². The predicted octanol–water partition coefficient (Wildman–Crippen LogP) is 2.29. The van der Waals surface area contributed by atoms with Crippen LogP contribution >= 0.6 is 0 Å². The third-order valence-electron chi connectivity index (χ3n) is 4.51. The van der Waals surface area contributed by atoms with E-state index in [0.717, 1.165) is 5.56 Å². The molecule has 138 valence electrons. The predicted molar refractivity (Wildman–Crippen MR) is 88.0 cm³/mol. The van der Waals surface area contributed by atoms with Gasteiger partial charge in [0.25, 0.3) is 6.43 Å². The van der Waals surface area contributed by atoms with Crippen LogP contribution in [-0.2, 0) is 6.54 Å². The molecule has 0 atom stereocenters. The molecule has 2 aliphatic rings. The van der Waals surface area contributed by atoms with Gasteiger partial charge in [-0.2, -0.15) is 0 Å². The molecule has 1 fully saturated rings. The number of piperidine rings is 1. The van der Waals surface area contributed by atoms with E-state index in [0.29, 0.717) is 44.0 Å². The molecule has 1 saturated heterocycles. The maximum absolute atomic E-state index is 12.4. The molecule has 2 aliphatic heterocycles. The second-order valence-corrected chi connectivity index (χ2v) is 6.46. The van der Waals surface area contributed by atoms with Crippen molar-refractivity contribution < 1.29 is 23.0 Å². The molecule has 0 aliphatic carbocycles. The number of alkyl halides is 2. The van der Waals surface area contributed by atoms with Crippen LogP contribution in [-0.4, -0.2) is 61.8 Å². The van der Waals surface area contributed by atoms with Gasteiger partial charge < -0.3 is 19.7 Å². The molecule has 25 heavy (non-hydrogen) atoms. The highest BCUT2D eigenvalue weighted by atomic mass is 19.3. The SMILES string of the molecule is CN(Cc1ccc2c(c1)OCO2)C(=O)NC1CCN(CC(F)F)CC1. The van der Waals surface area contributed by atoms with Crippen molar-refractivity contribution in [3.05, 3.63) is 23.8 Å². The number of ether oxygens (including phenoxy) is 2. The highest BCUT2D eigenvalue weighted by Crippen LogP contribution is 2.32. The smallest absolute Gasteiger partial charge is 0.317 e. The lowest BCUT2D eigenvalue weighted by atomic mass is 10.1. The summed E-state index contributed by atoms with van der Waals surface area (Å²) in [5, 5.41) is 2.98. The van der Waals surface area contributed by atoms with E-state index < -0.39 is 6.43 Å². The van der Waals surface area contributed by atoms with Crippen LogP contribution in [0.2, 0.25) is 0 Å². The Balaban J connectivity index is 1.45. The number of carbonyl (C=O) groups is 1. The third kappa shape index (κ3) is 4.72. The summed E-state index contributed by atoms with van der Waals surface area (Å²) in [5.74, 6) is 1.41. The Morgan fingerprint density at radius 3 is 2.76 bits per heavy atom. The Bertz CT molecular complexity index is 607. The lowest BCUT2D eigenvalue weighted by Gasteiger charge is -2.33. The van der Waals surface area contributed by atoms with Gasteiger partial charge in [0.2, 0.25) is 6.79 Å². The number of amides is 2. The van der Waals surface area contributed by atoms with Crippen LogP contribution in [0.25, 0.3) is 0 Å². The summed E-state index contributed by atoms with van der Waals surface area (Å²) in [6.07, 6.45) is -0.925. The van der Waals surface area contributed by atoms with Gasteiger partial charge in [0.05, 0.1) is 6.54 Å². The summed E-state index contributed by atoms with van der Waals surface area (Å²) in [6.45, 7) is 1.65. The zero-order valence-electron chi connectivity index (χ0n) is 14.2. The standard InChI is InChI=1S/C17H23F2N3O3/c1-21(9-12-2-3-14-15(8-12)25-11-24-14)17(23)20-13-4-6-22(7-5-13)10-16(18)19/h2-3,8,13,16H,4-7,9-11H2,1H3,(H,20,23). The van der Waals surface area contributed by atoms with Crippen LogP contribution in [0.4, 0.5) is 13.6 Å². The molecular formula is C17H23F2N3O3. The molecule has 2 amide bonds. The number of nitrogens with zero attached hydrogens (tertiary/aromatic N) is 2. The molecule has 2 heterocycles. The number of fused-ring (bicyclic) bond motifs is 1. The van der Waals surface area contributed by atoms with Crippen LogP contribution in [0.15, 0.2) is 18.2 Å². The fourth-order valence-corrected chi connectivity index (χ4v) is 3.12. The molecule has 0 saturated carbocycles. The van der Waals surface area contributed by atoms with Gasteiger partial charge in [-0.1, -0.05) is 6.07 Å². The monoisotopic (exact) mass is 355 g/mol. The number of hydrogen-bond acceptors (Lipinski definition) is 4. The number of urea groups is 1. The van der Waals surface area contributed by atoms with Gasteiger partial charge in [0.1, 0.15) is 0 Å². The van der Waals surface area contributed by atoms with Crippen molar-refractivity contribution in [2.24, 2.45) is 0 Å². The number of hydrogen-bond donors (Lipinski definition) is 1. The van der Waals surface area contributed by atoms with Crippen molar-refractivity contribution in [1.82, 2.24) is 15.1 Å². The summed E-state index contributed by atoms with van der Waals surface area (Å²) >= 11 is 0. The van der Waals surface area contributed by atoms with E-state index in [4.69, 9.17) is 9.47 Å². The Morgan fingerprint density at radius 2 is 2.04 bits per heavy atom. The molecule has 0 spiro atoms. The number of rotatable bonds is 5. The molecule has 0 radical (unpaired) electrons. The number of halogens is 2. The van der Waals surface area contributed by atoms with Crippen molar-refractivity contribution in [3.8, 4) is 11.5 Å². The first-order chi connectivity index (χ1) is 12.0. The molecule has 0 unspecified atom stereocenters. The molecule has 8 heteroatoms. The van der Waals surface area contributed by atoms with E-state index in [1.54, 1.807) is 16.8 Å².